The number of methoxy groups -OCH3 is 2. The molecule has 0 bridgehead atoms. The highest BCUT2D eigenvalue weighted by Crippen LogP contribution is 2.33. The third-order valence-electron chi connectivity index (χ3n) is 11.2. The zero-order valence-electron chi connectivity index (χ0n) is 33.6. The van der Waals surface area contributed by atoms with Crippen molar-refractivity contribution in [1.29, 1.82) is 0 Å². The molecule has 1 unspecified atom stereocenters. The van der Waals surface area contributed by atoms with E-state index in [-0.39, 0.29) is 60.4 Å². The van der Waals surface area contributed by atoms with E-state index in [4.69, 9.17) is 15.2 Å². The summed E-state index contributed by atoms with van der Waals surface area (Å²) in [6.45, 7) is 15.9. The Balaban J connectivity index is 2.28. The summed E-state index contributed by atoms with van der Waals surface area (Å²) in [4.78, 5) is 71.2. The molecule has 1 aromatic carbocycles. The van der Waals surface area contributed by atoms with Crippen LogP contribution in [0.4, 0.5) is 0 Å². The van der Waals surface area contributed by atoms with E-state index in [1.807, 2.05) is 76.8 Å². The second kappa shape index (κ2) is 20.7. The maximum Gasteiger partial charge on any atom is 0.328 e. The number of hydrogen-bond acceptors (Lipinski definition) is 8. The number of carbonyl (C=O) groups is 5. The van der Waals surface area contributed by atoms with E-state index in [9.17, 15) is 24.0 Å². The number of likely N-dealkylation sites (N-methyl/N-ethyl adjacent to an activating group) is 1. The lowest BCUT2D eigenvalue weighted by Gasteiger charge is -2.41. The van der Waals surface area contributed by atoms with Gasteiger partial charge < -0.3 is 35.6 Å². The Labute approximate surface area is 312 Å². The van der Waals surface area contributed by atoms with E-state index < -0.39 is 41.5 Å². The summed E-state index contributed by atoms with van der Waals surface area (Å²) < 4.78 is 11.0. The number of nitrogens with two attached hydrogens (primary N) is 1. The lowest BCUT2D eigenvalue weighted by Crippen LogP contribution is -2.59. The first kappa shape index (κ1) is 44.7. The molecule has 1 fully saturated rings. The monoisotopic (exact) mass is 730 g/mol. The Morgan fingerprint density at radius 3 is 2.15 bits per heavy atom. The van der Waals surface area contributed by atoms with Crippen LogP contribution in [0.2, 0.25) is 0 Å². The van der Waals surface area contributed by atoms with Gasteiger partial charge in [-0.2, -0.15) is 0 Å². The number of likely N-dealkylation sites (tertiary alicyclic amines) is 1. The molecular formula is C40H67N5O7. The van der Waals surface area contributed by atoms with Gasteiger partial charge in [0.1, 0.15) is 12.1 Å². The van der Waals surface area contributed by atoms with Crippen LogP contribution in [0, 0.1) is 29.1 Å². The minimum atomic E-state index is -0.838. The topological polar surface area (TPSA) is 160 Å². The summed E-state index contributed by atoms with van der Waals surface area (Å²) >= 11 is 0. The van der Waals surface area contributed by atoms with Crippen molar-refractivity contribution in [3.8, 4) is 0 Å². The molecule has 0 aliphatic carbocycles. The van der Waals surface area contributed by atoms with E-state index in [1.54, 1.807) is 32.9 Å². The van der Waals surface area contributed by atoms with Crippen molar-refractivity contribution in [2.75, 3.05) is 34.4 Å². The molecule has 4 amide bonds. The second-order valence-electron chi connectivity index (χ2n) is 15.5. The molecule has 8 atom stereocenters. The van der Waals surface area contributed by atoms with Crippen LogP contribution in [-0.2, 0) is 39.9 Å². The Bertz CT molecular complexity index is 1320. The van der Waals surface area contributed by atoms with Crippen molar-refractivity contribution >= 4 is 29.6 Å². The first-order chi connectivity index (χ1) is 24.5. The van der Waals surface area contributed by atoms with Gasteiger partial charge in [-0.1, -0.05) is 84.7 Å². The van der Waals surface area contributed by atoms with Crippen molar-refractivity contribution in [2.24, 2.45) is 34.8 Å². The molecule has 0 spiro atoms. The molecule has 12 nitrogen and oxygen atoms in total. The molecule has 0 radical (unpaired) electrons. The Kier molecular flexibility index (Phi) is 17.7. The van der Waals surface area contributed by atoms with Crippen LogP contribution in [-0.4, -0.2) is 104 Å². The van der Waals surface area contributed by atoms with Gasteiger partial charge in [-0.3, -0.25) is 19.2 Å². The maximum absolute atomic E-state index is 14.2. The van der Waals surface area contributed by atoms with E-state index in [1.165, 1.54) is 7.11 Å². The fraction of sp³-hybridized carbons (Fsp3) is 0.725. The highest BCUT2D eigenvalue weighted by molar-refractivity contribution is 5.90. The predicted molar refractivity (Wildman–Crippen MR) is 203 cm³/mol. The van der Waals surface area contributed by atoms with Crippen LogP contribution in [0.5, 0.6) is 0 Å². The van der Waals surface area contributed by atoms with Crippen molar-refractivity contribution < 1.29 is 33.4 Å². The van der Waals surface area contributed by atoms with Gasteiger partial charge in [-0.15, -0.1) is 0 Å². The average molecular weight is 730 g/mol. The number of nitrogens with zero attached hydrogens (tertiary/aromatic N) is 2. The summed E-state index contributed by atoms with van der Waals surface area (Å²) in [6.07, 6.45) is 2.71. The van der Waals surface area contributed by atoms with Gasteiger partial charge in [0, 0.05) is 45.6 Å². The van der Waals surface area contributed by atoms with Gasteiger partial charge in [0.15, 0.2) is 0 Å². The Hall–Kier alpha value is -3.51. The first-order valence-electron chi connectivity index (χ1n) is 19.0. The van der Waals surface area contributed by atoms with E-state index >= 15 is 0 Å². The minimum Gasteiger partial charge on any atom is -0.467 e. The largest absolute Gasteiger partial charge is 0.467 e. The minimum absolute atomic E-state index is 0.0178. The van der Waals surface area contributed by atoms with Gasteiger partial charge in [0.25, 0.3) is 0 Å². The van der Waals surface area contributed by atoms with Gasteiger partial charge in [0.05, 0.1) is 31.1 Å². The first-order valence-corrected chi connectivity index (χ1v) is 19.0. The van der Waals surface area contributed by atoms with E-state index in [0.717, 1.165) is 24.8 Å². The lowest BCUT2D eigenvalue weighted by atomic mass is 9.82. The normalized spacial score (nSPS) is 18.8. The van der Waals surface area contributed by atoms with Crippen molar-refractivity contribution in [3.05, 3.63) is 35.9 Å². The molecule has 2 rings (SSSR count). The predicted octanol–water partition coefficient (Wildman–Crippen LogP) is 3.94. The quantitative estimate of drug-likeness (QED) is 0.170. The van der Waals surface area contributed by atoms with E-state index in [0.29, 0.717) is 19.4 Å². The number of carbonyl (C=O) groups excluding carboxylic acids is 5. The zero-order chi connectivity index (χ0) is 39.3. The molecule has 12 heteroatoms. The number of benzene rings is 1. The molecule has 1 aliphatic heterocycles. The fourth-order valence-corrected chi connectivity index (χ4v) is 7.37. The van der Waals surface area contributed by atoms with Gasteiger partial charge in [-0.25, -0.2) is 4.79 Å². The van der Waals surface area contributed by atoms with Crippen molar-refractivity contribution in [3.63, 3.8) is 0 Å². The highest BCUT2D eigenvalue weighted by atomic mass is 16.5. The van der Waals surface area contributed by atoms with E-state index in [2.05, 4.69) is 10.6 Å². The molecule has 1 aliphatic rings. The summed E-state index contributed by atoms with van der Waals surface area (Å²) in [5.74, 6) is -2.24. The molecule has 52 heavy (non-hydrogen) atoms. The summed E-state index contributed by atoms with van der Waals surface area (Å²) in [7, 11) is 4.59. The molecule has 0 aromatic heterocycles. The fourth-order valence-electron chi connectivity index (χ4n) is 7.37. The highest BCUT2D eigenvalue weighted by Gasteiger charge is 2.43. The number of ether oxygens (including phenoxy) is 2. The molecule has 1 heterocycles. The molecule has 1 aromatic rings. The third-order valence-corrected chi connectivity index (χ3v) is 11.2. The molecular weight excluding hydrogens is 662 g/mol. The van der Waals surface area contributed by atoms with Crippen LogP contribution >= 0.6 is 0 Å². The third kappa shape index (κ3) is 11.5. The Morgan fingerprint density at radius 2 is 1.63 bits per heavy atom. The number of hydrogen-bond donors (Lipinski definition) is 3. The summed E-state index contributed by atoms with van der Waals surface area (Å²) in [6, 6.07) is 7.23. The van der Waals surface area contributed by atoms with Crippen LogP contribution in [0.15, 0.2) is 30.3 Å². The number of rotatable bonds is 20. The van der Waals surface area contributed by atoms with Crippen LogP contribution in [0.1, 0.15) is 93.1 Å². The standard InChI is InChI=1S/C40H67N5O7/c1-12-26(5)35(44(9)37(48)34(25(3)4)43-39(50)40(7,8)24-41)32(51-10)23-33(46)45-21-17-20-31(45)29(13-2)27(6)36(47)42-30(38(49)52-11)22-28-18-15-14-16-19-28/h14-16,18-19,25-27,29-32,34-35H,12-13,17,20-24,41H2,1-11H3,(H,42,47)(H,43,50)/t26-,27+,29+,30?,31-,32+,34-,35-/m0/s1. The van der Waals surface area contributed by atoms with Crippen molar-refractivity contribution in [2.45, 2.75) is 124 Å². The molecule has 0 saturated carbocycles. The van der Waals surface area contributed by atoms with Gasteiger partial charge in [0.2, 0.25) is 23.6 Å². The molecule has 294 valence electrons. The SMILES string of the molecule is CC[C@H]([C@@H](C)C(=O)NC(Cc1ccccc1)C(=O)OC)[C@@H]1CCCN1C(=O)C[C@@H](OC)[C@H]([C@@H](C)CC)N(C)C(=O)[C@@H](NC(=O)C(C)(C)CN)C(C)C. The number of amides is 4. The number of nitrogens with one attached hydrogen (secondary N) is 2. The Morgan fingerprint density at radius 1 is 1.00 bits per heavy atom. The lowest BCUT2D eigenvalue weighted by molar-refractivity contribution is -0.147. The maximum atomic E-state index is 14.2. The summed E-state index contributed by atoms with van der Waals surface area (Å²) in [5.41, 5.74) is 5.91. The van der Waals surface area contributed by atoms with Crippen LogP contribution < -0.4 is 16.4 Å². The number of esters is 1. The average Bonchev–Trinajstić information content (AvgIpc) is 3.62. The van der Waals surface area contributed by atoms with Gasteiger partial charge in [-0.05, 0) is 50.0 Å². The smallest absolute Gasteiger partial charge is 0.328 e. The zero-order valence-corrected chi connectivity index (χ0v) is 33.6. The molecule has 1 saturated heterocycles. The van der Waals surface area contributed by atoms with Gasteiger partial charge >= 0.3 is 5.97 Å². The van der Waals surface area contributed by atoms with Crippen LogP contribution in [0.25, 0.3) is 0 Å². The second-order valence-corrected chi connectivity index (χ2v) is 15.5. The van der Waals surface area contributed by atoms with Crippen LogP contribution in [0.3, 0.4) is 0 Å². The summed E-state index contributed by atoms with van der Waals surface area (Å²) in [5, 5.41) is 5.87. The van der Waals surface area contributed by atoms with Crippen molar-refractivity contribution in [1.82, 2.24) is 20.4 Å². The molecule has 4 N–H and O–H groups in total.